The second-order valence-corrected chi connectivity index (χ2v) is 12.5. The SMILES string of the molecule is CN(Cc1ccc(Cl)c(Cl)c1)C12CC(C3=N[C@@H](OC(=O)NCC(C)(C)C)C(C)(C)N3)(C1)C2. The Hall–Kier alpha value is -1.50. The first-order valence-electron chi connectivity index (χ1n) is 11.2. The quantitative estimate of drug-likeness (QED) is 0.584. The fourth-order valence-electron chi connectivity index (χ4n) is 5.07. The smallest absolute Gasteiger partial charge is 0.409 e. The van der Waals surface area contributed by atoms with Crippen molar-refractivity contribution in [1.82, 2.24) is 15.5 Å². The average molecular weight is 481 g/mol. The maximum Gasteiger partial charge on any atom is 0.409 e. The molecule has 0 unspecified atom stereocenters. The maximum atomic E-state index is 12.3. The normalized spacial score (nSPS) is 30.2. The number of aliphatic imine (C=N–C) groups is 1. The summed E-state index contributed by atoms with van der Waals surface area (Å²) in [4.78, 5) is 19.5. The molecule has 0 radical (unpaired) electrons. The van der Waals surface area contributed by atoms with E-state index in [4.69, 9.17) is 32.9 Å². The lowest BCUT2D eigenvalue weighted by molar-refractivity contribution is -0.175. The van der Waals surface area contributed by atoms with Crippen LogP contribution in [0.15, 0.2) is 23.2 Å². The summed E-state index contributed by atoms with van der Waals surface area (Å²) in [5.41, 5.74) is 1.00. The van der Waals surface area contributed by atoms with E-state index < -0.39 is 17.9 Å². The van der Waals surface area contributed by atoms with Crippen LogP contribution in [-0.2, 0) is 11.3 Å². The van der Waals surface area contributed by atoms with Crippen molar-refractivity contribution in [1.29, 1.82) is 0 Å². The minimum absolute atomic E-state index is 0.000413. The van der Waals surface area contributed by atoms with Crippen LogP contribution in [-0.4, -0.2) is 47.7 Å². The molecule has 1 atom stereocenters. The Kier molecular flexibility index (Phi) is 5.75. The number of alkyl carbamates (subject to hydrolysis) is 1. The van der Waals surface area contributed by atoms with Gasteiger partial charge in [-0.2, -0.15) is 0 Å². The highest BCUT2D eigenvalue weighted by Gasteiger charge is 2.72. The fraction of sp³-hybridized carbons (Fsp3) is 0.667. The van der Waals surface area contributed by atoms with Gasteiger partial charge in [-0.1, -0.05) is 50.0 Å². The van der Waals surface area contributed by atoms with E-state index in [1.54, 1.807) is 0 Å². The summed E-state index contributed by atoms with van der Waals surface area (Å²) in [6.07, 6.45) is 2.23. The Morgan fingerprint density at radius 1 is 1.25 bits per heavy atom. The predicted molar refractivity (Wildman–Crippen MR) is 129 cm³/mol. The molecule has 4 aliphatic rings. The van der Waals surface area contributed by atoms with Crippen LogP contribution >= 0.6 is 23.2 Å². The van der Waals surface area contributed by atoms with Gasteiger partial charge in [-0.15, -0.1) is 0 Å². The van der Waals surface area contributed by atoms with Crippen LogP contribution in [0.5, 0.6) is 0 Å². The van der Waals surface area contributed by atoms with Gasteiger partial charge in [0.15, 0.2) is 0 Å². The van der Waals surface area contributed by atoms with Crippen LogP contribution in [0, 0.1) is 10.8 Å². The van der Waals surface area contributed by atoms with Crippen molar-refractivity contribution < 1.29 is 9.53 Å². The molecule has 3 fully saturated rings. The van der Waals surface area contributed by atoms with E-state index in [-0.39, 0.29) is 16.4 Å². The number of amidine groups is 1. The number of amides is 1. The lowest BCUT2D eigenvalue weighted by atomic mass is 9.38. The van der Waals surface area contributed by atoms with Crippen molar-refractivity contribution in [3.63, 3.8) is 0 Å². The zero-order valence-corrected chi connectivity index (χ0v) is 21.3. The number of hydrogen-bond acceptors (Lipinski definition) is 5. The van der Waals surface area contributed by atoms with Gasteiger partial charge in [-0.05, 0) is 63.3 Å². The summed E-state index contributed by atoms with van der Waals surface area (Å²) >= 11 is 12.2. The van der Waals surface area contributed by atoms with Gasteiger partial charge < -0.3 is 15.4 Å². The molecule has 1 aromatic rings. The summed E-state index contributed by atoms with van der Waals surface area (Å²) < 4.78 is 5.67. The molecular weight excluding hydrogens is 447 g/mol. The first-order chi connectivity index (χ1) is 14.7. The van der Waals surface area contributed by atoms with E-state index >= 15 is 0 Å². The molecule has 1 aromatic carbocycles. The number of hydrogen-bond donors (Lipinski definition) is 2. The van der Waals surface area contributed by atoms with E-state index in [9.17, 15) is 4.79 Å². The van der Waals surface area contributed by atoms with Crippen LogP contribution in [0.2, 0.25) is 10.0 Å². The van der Waals surface area contributed by atoms with Crippen molar-refractivity contribution in [2.45, 2.75) is 77.7 Å². The molecule has 1 amide bonds. The number of halogens is 2. The van der Waals surface area contributed by atoms with Crippen molar-refractivity contribution >= 4 is 35.1 Å². The lowest BCUT2D eigenvalue weighted by Crippen LogP contribution is -2.77. The number of nitrogens with zero attached hydrogens (tertiary/aromatic N) is 2. The number of carbonyl (C=O) groups is 1. The van der Waals surface area contributed by atoms with Gasteiger partial charge in [0.05, 0.1) is 15.6 Å². The number of rotatable bonds is 6. The summed E-state index contributed by atoms with van der Waals surface area (Å²) in [7, 11) is 2.17. The first-order valence-corrected chi connectivity index (χ1v) is 12.0. The van der Waals surface area contributed by atoms with Crippen LogP contribution in [0.3, 0.4) is 0 Å². The van der Waals surface area contributed by atoms with Crippen LogP contribution in [0.25, 0.3) is 0 Å². The van der Waals surface area contributed by atoms with Gasteiger partial charge in [-0.3, -0.25) is 4.90 Å². The van der Waals surface area contributed by atoms with Gasteiger partial charge >= 0.3 is 6.09 Å². The monoisotopic (exact) mass is 480 g/mol. The largest absolute Gasteiger partial charge is 0.421 e. The molecule has 0 aromatic heterocycles. The third-order valence-electron chi connectivity index (χ3n) is 7.00. The molecule has 8 heteroatoms. The van der Waals surface area contributed by atoms with Crippen molar-refractivity contribution in [2.24, 2.45) is 15.8 Å². The maximum absolute atomic E-state index is 12.3. The molecule has 2 N–H and O–H groups in total. The Morgan fingerprint density at radius 3 is 2.50 bits per heavy atom. The molecule has 1 aliphatic heterocycles. The second-order valence-electron chi connectivity index (χ2n) is 11.6. The van der Waals surface area contributed by atoms with E-state index in [2.05, 4.69) is 43.4 Å². The third kappa shape index (κ3) is 4.34. The van der Waals surface area contributed by atoms with E-state index in [1.807, 2.05) is 32.0 Å². The number of carbonyl (C=O) groups excluding carboxylic acids is 1. The summed E-state index contributed by atoms with van der Waals surface area (Å²) in [6, 6.07) is 5.83. The predicted octanol–water partition coefficient (Wildman–Crippen LogP) is 5.23. The van der Waals surface area contributed by atoms with Crippen LogP contribution in [0.1, 0.15) is 59.4 Å². The number of ether oxygens (including phenoxy) is 1. The zero-order valence-electron chi connectivity index (χ0n) is 19.8. The first kappa shape index (κ1) is 23.7. The number of nitrogens with one attached hydrogen (secondary N) is 2. The highest BCUT2D eigenvalue weighted by atomic mass is 35.5. The average Bonchev–Trinajstić information content (AvgIpc) is 2.87. The third-order valence-corrected chi connectivity index (χ3v) is 7.74. The summed E-state index contributed by atoms with van der Waals surface area (Å²) in [5, 5.41) is 7.58. The molecular formula is C24H34Cl2N4O2. The minimum Gasteiger partial charge on any atom is -0.421 e. The lowest BCUT2D eigenvalue weighted by Gasteiger charge is -2.73. The van der Waals surface area contributed by atoms with Gasteiger partial charge in [0.2, 0.25) is 6.23 Å². The van der Waals surface area contributed by atoms with Crippen molar-refractivity contribution in [3.05, 3.63) is 33.8 Å². The Bertz CT molecular complexity index is 934. The van der Waals surface area contributed by atoms with Gasteiger partial charge in [0.25, 0.3) is 0 Å². The fourth-order valence-corrected chi connectivity index (χ4v) is 5.39. The molecule has 0 spiro atoms. The zero-order chi connectivity index (χ0) is 23.5. The van der Waals surface area contributed by atoms with Crippen molar-refractivity contribution in [3.8, 4) is 0 Å². The minimum atomic E-state index is -0.531. The Balaban J connectivity index is 1.35. The van der Waals surface area contributed by atoms with E-state index in [0.717, 1.165) is 37.2 Å². The molecule has 176 valence electrons. The highest BCUT2D eigenvalue weighted by molar-refractivity contribution is 6.42. The molecule has 3 aliphatic carbocycles. The van der Waals surface area contributed by atoms with Gasteiger partial charge in [0.1, 0.15) is 5.84 Å². The number of benzene rings is 1. The molecule has 6 nitrogen and oxygen atoms in total. The topological polar surface area (TPSA) is 66.0 Å². The summed E-state index contributed by atoms with van der Waals surface area (Å²) in [6.45, 7) is 11.7. The molecule has 3 saturated carbocycles. The van der Waals surface area contributed by atoms with E-state index in [1.165, 1.54) is 0 Å². The van der Waals surface area contributed by atoms with Gasteiger partial charge in [-0.25, -0.2) is 9.79 Å². The van der Waals surface area contributed by atoms with E-state index in [0.29, 0.717) is 16.6 Å². The van der Waals surface area contributed by atoms with Crippen LogP contribution < -0.4 is 10.6 Å². The second kappa shape index (κ2) is 7.78. The van der Waals surface area contributed by atoms with Crippen molar-refractivity contribution in [2.75, 3.05) is 13.6 Å². The molecule has 32 heavy (non-hydrogen) atoms. The highest BCUT2D eigenvalue weighted by Crippen LogP contribution is 2.70. The molecule has 5 rings (SSSR count). The Labute approximate surface area is 201 Å². The standard InChI is InChI=1S/C24H34Cl2N4O2/c1-21(2,3)14-27-20(31)32-19-22(4,5)29-18(28-19)23-11-24(12-23,13-23)30(6)10-15-7-8-16(25)17(26)9-15/h7-9,19H,10-14H2,1-6H3,(H,27,31)(H,28,29)/t19-,23?,24?/m0/s1. The molecule has 1 heterocycles. The molecule has 0 saturated heterocycles. The van der Waals surface area contributed by atoms with Gasteiger partial charge in [0, 0.05) is 24.0 Å². The Morgan fingerprint density at radius 2 is 1.91 bits per heavy atom. The summed E-state index contributed by atoms with van der Waals surface area (Å²) in [5.74, 6) is 0.987. The molecule has 2 bridgehead atoms. The van der Waals surface area contributed by atoms with Crippen LogP contribution in [0.4, 0.5) is 4.79 Å².